The van der Waals surface area contributed by atoms with Crippen molar-refractivity contribution in [3.05, 3.63) is 16.1 Å². The van der Waals surface area contributed by atoms with Gasteiger partial charge in [0.25, 0.3) is 0 Å². The molecule has 1 aromatic rings. The quantitative estimate of drug-likeness (QED) is 0.808. The molecular formula is C11H18N2S. The number of aryl methyl sites for hydroxylation is 1. The SMILES string of the molecule is CCC1(CNCc2scnc2C)CC1. The van der Waals surface area contributed by atoms with E-state index in [0.29, 0.717) is 5.41 Å². The minimum absolute atomic E-state index is 0.651. The predicted molar refractivity (Wildman–Crippen MR) is 60.5 cm³/mol. The van der Waals surface area contributed by atoms with Gasteiger partial charge in [0.1, 0.15) is 0 Å². The summed E-state index contributed by atoms with van der Waals surface area (Å²) in [7, 11) is 0. The fraction of sp³-hybridized carbons (Fsp3) is 0.727. The Kier molecular flexibility index (Phi) is 2.88. The number of thiazole rings is 1. The number of aromatic nitrogens is 1. The van der Waals surface area contributed by atoms with E-state index in [0.717, 1.165) is 6.54 Å². The van der Waals surface area contributed by atoms with Crippen LogP contribution in [0.3, 0.4) is 0 Å². The Hall–Kier alpha value is -0.410. The molecule has 1 saturated carbocycles. The zero-order chi connectivity index (χ0) is 10.0. The van der Waals surface area contributed by atoms with E-state index in [-0.39, 0.29) is 0 Å². The number of nitrogens with one attached hydrogen (secondary N) is 1. The maximum atomic E-state index is 4.25. The molecule has 1 fully saturated rings. The summed E-state index contributed by atoms with van der Waals surface area (Å²) < 4.78 is 0. The lowest BCUT2D eigenvalue weighted by molar-refractivity contribution is 0.444. The Labute approximate surface area is 89.8 Å². The van der Waals surface area contributed by atoms with Gasteiger partial charge in [-0.2, -0.15) is 0 Å². The standard InChI is InChI=1S/C11H18N2S/c1-3-11(4-5-11)7-12-6-10-9(2)13-8-14-10/h8,12H,3-7H2,1-2H3. The summed E-state index contributed by atoms with van der Waals surface area (Å²) in [6, 6.07) is 0. The zero-order valence-electron chi connectivity index (χ0n) is 8.97. The molecule has 1 aliphatic carbocycles. The van der Waals surface area contributed by atoms with Crippen molar-refractivity contribution in [1.82, 2.24) is 10.3 Å². The highest BCUT2D eigenvalue weighted by Crippen LogP contribution is 2.47. The summed E-state index contributed by atoms with van der Waals surface area (Å²) in [6.07, 6.45) is 4.15. The third-order valence-electron chi connectivity index (χ3n) is 3.34. The molecule has 1 aromatic heterocycles. The van der Waals surface area contributed by atoms with Crippen LogP contribution < -0.4 is 5.32 Å². The molecular weight excluding hydrogens is 192 g/mol. The number of rotatable bonds is 5. The molecule has 0 spiro atoms. The van der Waals surface area contributed by atoms with Crippen molar-refractivity contribution >= 4 is 11.3 Å². The Morgan fingerprint density at radius 1 is 1.57 bits per heavy atom. The van der Waals surface area contributed by atoms with Crippen LogP contribution in [0.5, 0.6) is 0 Å². The number of nitrogens with zero attached hydrogens (tertiary/aromatic N) is 1. The Morgan fingerprint density at radius 2 is 2.36 bits per heavy atom. The molecule has 0 radical (unpaired) electrons. The summed E-state index contributed by atoms with van der Waals surface area (Å²) in [5.74, 6) is 0. The van der Waals surface area contributed by atoms with Crippen LogP contribution in [0.25, 0.3) is 0 Å². The fourth-order valence-electron chi connectivity index (χ4n) is 1.77. The van der Waals surface area contributed by atoms with Crippen LogP contribution in [0.4, 0.5) is 0 Å². The van der Waals surface area contributed by atoms with Gasteiger partial charge in [0.15, 0.2) is 0 Å². The van der Waals surface area contributed by atoms with Crippen molar-refractivity contribution in [1.29, 1.82) is 0 Å². The highest BCUT2D eigenvalue weighted by molar-refractivity contribution is 7.09. The Morgan fingerprint density at radius 3 is 2.86 bits per heavy atom. The van der Waals surface area contributed by atoms with E-state index in [9.17, 15) is 0 Å². The normalized spacial score (nSPS) is 18.4. The van der Waals surface area contributed by atoms with Gasteiger partial charge in [0, 0.05) is 18.0 Å². The van der Waals surface area contributed by atoms with Gasteiger partial charge in [-0.1, -0.05) is 6.92 Å². The Bertz CT molecular complexity index is 302. The van der Waals surface area contributed by atoms with Crippen molar-refractivity contribution in [2.45, 2.75) is 39.7 Å². The van der Waals surface area contributed by atoms with E-state index < -0.39 is 0 Å². The minimum atomic E-state index is 0.651. The van der Waals surface area contributed by atoms with Gasteiger partial charge < -0.3 is 5.32 Å². The molecule has 0 bridgehead atoms. The molecule has 0 atom stereocenters. The molecule has 1 aliphatic rings. The molecule has 0 amide bonds. The summed E-state index contributed by atoms with van der Waals surface area (Å²) in [5, 5.41) is 3.55. The molecule has 0 aromatic carbocycles. The summed E-state index contributed by atoms with van der Waals surface area (Å²) >= 11 is 1.75. The molecule has 2 rings (SSSR count). The van der Waals surface area contributed by atoms with E-state index >= 15 is 0 Å². The van der Waals surface area contributed by atoms with Crippen LogP contribution in [0.2, 0.25) is 0 Å². The van der Waals surface area contributed by atoms with Gasteiger partial charge in [0.2, 0.25) is 0 Å². The molecule has 0 unspecified atom stereocenters. The van der Waals surface area contributed by atoms with Crippen molar-refractivity contribution < 1.29 is 0 Å². The van der Waals surface area contributed by atoms with Crippen LogP contribution in [0.1, 0.15) is 36.8 Å². The first kappa shape index (κ1) is 10.1. The number of hydrogen-bond acceptors (Lipinski definition) is 3. The van der Waals surface area contributed by atoms with E-state index in [1.165, 1.54) is 36.4 Å². The lowest BCUT2D eigenvalue weighted by Crippen LogP contribution is -2.22. The van der Waals surface area contributed by atoms with Crippen molar-refractivity contribution in [2.24, 2.45) is 5.41 Å². The average molecular weight is 210 g/mol. The monoisotopic (exact) mass is 210 g/mol. The molecule has 0 saturated heterocycles. The zero-order valence-corrected chi connectivity index (χ0v) is 9.78. The summed E-state index contributed by atoms with van der Waals surface area (Å²) in [6.45, 7) is 6.56. The smallest absolute Gasteiger partial charge is 0.0798 e. The average Bonchev–Trinajstić information content (AvgIpc) is 2.86. The second-order valence-electron chi connectivity index (χ2n) is 4.32. The molecule has 78 valence electrons. The van der Waals surface area contributed by atoms with Crippen LogP contribution in [0, 0.1) is 12.3 Å². The second-order valence-corrected chi connectivity index (χ2v) is 5.26. The van der Waals surface area contributed by atoms with Gasteiger partial charge in [-0.3, -0.25) is 0 Å². The molecule has 2 nitrogen and oxygen atoms in total. The largest absolute Gasteiger partial charge is 0.311 e. The van der Waals surface area contributed by atoms with E-state index in [1.54, 1.807) is 11.3 Å². The highest BCUT2D eigenvalue weighted by atomic mass is 32.1. The van der Waals surface area contributed by atoms with Crippen molar-refractivity contribution in [3.8, 4) is 0 Å². The highest BCUT2D eigenvalue weighted by Gasteiger charge is 2.39. The lowest BCUT2D eigenvalue weighted by Gasteiger charge is -2.12. The van der Waals surface area contributed by atoms with Gasteiger partial charge in [-0.05, 0) is 31.6 Å². The van der Waals surface area contributed by atoms with Gasteiger partial charge in [0.05, 0.1) is 11.2 Å². The maximum Gasteiger partial charge on any atom is 0.0798 e. The first-order chi connectivity index (χ1) is 6.76. The number of hydrogen-bond donors (Lipinski definition) is 1. The van der Waals surface area contributed by atoms with Crippen molar-refractivity contribution in [2.75, 3.05) is 6.54 Å². The summed E-state index contributed by atoms with van der Waals surface area (Å²) in [4.78, 5) is 5.63. The van der Waals surface area contributed by atoms with E-state index in [1.807, 2.05) is 5.51 Å². The minimum Gasteiger partial charge on any atom is -0.311 e. The lowest BCUT2D eigenvalue weighted by atomic mass is 10.0. The molecule has 3 heteroatoms. The fourth-order valence-corrected chi connectivity index (χ4v) is 2.52. The third-order valence-corrected chi connectivity index (χ3v) is 4.27. The van der Waals surface area contributed by atoms with Crippen molar-refractivity contribution in [3.63, 3.8) is 0 Å². The van der Waals surface area contributed by atoms with Crippen LogP contribution in [-0.2, 0) is 6.54 Å². The first-order valence-corrected chi connectivity index (χ1v) is 6.23. The first-order valence-electron chi connectivity index (χ1n) is 5.35. The molecule has 1 N–H and O–H groups in total. The molecule has 14 heavy (non-hydrogen) atoms. The predicted octanol–water partition coefficient (Wildman–Crippen LogP) is 2.73. The third kappa shape index (κ3) is 2.15. The Balaban J connectivity index is 1.76. The molecule has 0 aliphatic heterocycles. The maximum absolute atomic E-state index is 4.25. The van der Waals surface area contributed by atoms with Gasteiger partial charge in [-0.25, -0.2) is 4.98 Å². The summed E-state index contributed by atoms with van der Waals surface area (Å²) in [5.41, 5.74) is 3.77. The topological polar surface area (TPSA) is 24.9 Å². The van der Waals surface area contributed by atoms with E-state index in [2.05, 4.69) is 24.1 Å². The van der Waals surface area contributed by atoms with Crippen LogP contribution in [0.15, 0.2) is 5.51 Å². The van der Waals surface area contributed by atoms with E-state index in [4.69, 9.17) is 0 Å². The second kappa shape index (κ2) is 3.99. The molecule has 1 heterocycles. The van der Waals surface area contributed by atoms with Crippen LogP contribution in [-0.4, -0.2) is 11.5 Å². The van der Waals surface area contributed by atoms with Gasteiger partial charge in [-0.15, -0.1) is 11.3 Å². The van der Waals surface area contributed by atoms with Crippen LogP contribution >= 0.6 is 11.3 Å². The van der Waals surface area contributed by atoms with Gasteiger partial charge >= 0.3 is 0 Å².